The van der Waals surface area contributed by atoms with Crippen LogP contribution in [0.3, 0.4) is 0 Å². The van der Waals surface area contributed by atoms with Crippen LogP contribution < -0.4 is 5.73 Å². The first-order chi connectivity index (χ1) is 9.02. The van der Waals surface area contributed by atoms with Gasteiger partial charge < -0.3 is 5.73 Å². The Labute approximate surface area is 116 Å². The fourth-order valence-corrected chi connectivity index (χ4v) is 3.71. The highest BCUT2D eigenvalue weighted by Crippen LogP contribution is 2.46. The van der Waals surface area contributed by atoms with Gasteiger partial charge in [-0.25, -0.2) is 4.39 Å². The second-order valence-electron chi connectivity index (χ2n) is 6.60. The third kappa shape index (κ3) is 3.56. The summed E-state index contributed by atoms with van der Waals surface area (Å²) in [5.41, 5.74) is 8.00. The van der Waals surface area contributed by atoms with Gasteiger partial charge in [-0.2, -0.15) is 0 Å². The molecule has 1 fully saturated rings. The second-order valence-corrected chi connectivity index (χ2v) is 6.60. The van der Waals surface area contributed by atoms with Crippen LogP contribution >= 0.6 is 0 Å². The number of rotatable bonds is 5. The predicted octanol–water partition coefficient (Wildman–Crippen LogP) is 4.30. The van der Waals surface area contributed by atoms with Gasteiger partial charge in [-0.3, -0.25) is 0 Å². The number of benzene rings is 1. The van der Waals surface area contributed by atoms with E-state index in [0.717, 1.165) is 12.0 Å². The summed E-state index contributed by atoms with van der Waals surface area (Å²) in [7, 11) is 0. The summed E-state index contributed by atoms with van der Waals surface area (Å²) in [6, 6.07) is 7.00. The molecule has 2 N–H and O–H groups in total. The second kappa shape index (κ2) is 6.04. The Morgan fingerprint density at radius 1 is 1.16 bits per heavy atom. The molecule has 1 aliphatic carbocycles. The first-order valence-electron chi connectivity index (χ1n) is 7.52. The predicted molar refractivity (Wildman–Crippen MR) is 78.4 cm³/mol. The quantitative estimate of drug-likeness (QED) is 0.842. The zero-order valence-electron chi connectivity index (χ0n) is 12.2. The van der Waals surface area contributed by atoms with Crippen molar-refractivity contribution in [3.63, 3.8) is 0 Å². The number of nitrogens with two attached hydrogens (primary N) is 1. The molecule has 0 spiro atoms. The van der Waals surface area contributed by atoms with Gasteiger partial charge in [-0.15, -0.1) is 0 Å². The van der Waals surface area contributed by atoms with Crippen LogP contribution in [0.5, 0.6) is 0 Å². The third-order valence-corrected chi connectivity index (χ3v) is 4.57. The Bertz CT molecular complexity index is 390. The van der Waals surface area contributed by atoms with Crippen LogP contribution in [0.4, 0.5) is 4.39 Å². The SMILES string of the molecule is CC(C)CC1(C(N)Cc2ccc(F)cc2)CCCC1. The fourth-order valence-electron chi connectivity index (χ4n) is 3.71. The monoisotopic (exact) mass is 263 g/mol. The number of hydrogen-bond acceptors (Lipinski definition) is 1. The summed E-state index contributed by atoms with van der Waals surface area (Å²) in [5, 5.41) is 0. The van der Waals surface area contributed by atoms with Crippen molar-refractivity contribution in [1.29, 1.82) is 0 Å². The number of hydrogen-bond donors (Lipinski definition) is 1. The zero-order valence-corrected chi connectivity index (χ0v) is 12.2. The maximum absolute atomic E-state index is 12.9. The summed E-state index contributed by atoms with van der Waals surface area (Å²) >= 11 is 0. The molecule has 1 aromatic rings. The van der Waals surface area contributed by atoms with Crippen LogP contribution in [0.2, 0.25) is 0 Å². The van der Waals surface area contributed by atoms with Gasteiger partial charge in [0.25, 0.3) is 0 Å². The lowest BCUT2D eigenvalue weighted by molar-refractivity contribution is 0.181. The normalized spacial score (nSPS) is 19.8. The average molecular weight is 263 g/mol. The molecule has 1 atom stereocenters. The van der Waals surface area contributed by atoms with Crippen molar-refractivity contribution < 1.29 is 4.39 Å². The van der Waals surface area contributed by atoms with Crippen LogP contribution in [-0.4, -0.2) is 6.04 Å². The zero-order chi connectivity index (χ0) is 13.9. The van der Waals surface area contributed by atoms with Crippen molar-refractivity contribution in [3.8, 4) is 0 Å². The standard InChI is InChI=1S/C17H26FN/c1-13(2)12-17(9-3-4-10-17)16(19)11-14-5-7-15(18)8-6-14/h5-8,13,16H,3-4,9-12,19H2,1-2H3. The van der Waals surface area contributed by atoms with E-state index in [0.29, 0.717) is 11.3 Å². The molecule has 0 bridgehead atoms. The van der Waals surface area contributed by atoms with Gasteiger partial charge in [-0.05, 0) is 54.7 Å². The van der Waals surface area contributed by atoms with Crippen molar-refractivity contribution >= 4 is 0 Å². The smallest absolute Gasteiger partial charge is 0.123 e. The van der Waals surface area contributed by atoms with E-state index >= 15 is 0 Å². The molecule has 19 heavy (non-hydrogen) atoms. The van der Waals surface area contributed by atoms with Crippen LogP contribution in [-0.2, 0) is 6.42 Å². The Morgan fingerprint density at radius 3 is 2.26 bits per heavy atom. The van der Waals surface area contributed by atoms with Gasteiger partial charge in [0.2, 0.25) is 0 Å². The summed E-state index contributed by atoms with van der Waals surface area (Å²) in [4.78, 5) is 0. The molecule has 0 saturated heterocycles. The van der Waals surface area contributed by atoms with Crippen LogP contribution in [0.15, 0.2) is 24.3 Å². The van der Waals surface area contributed by atoms with E-state index < -0.39 is 0 Å². The maximum atomic E-state index is 12.9. The molecule has 106 valence electrons. The van der Waals surface area contributed by atoms with Crippen LogP contribution in [0, 0.1) is 17.2 Å². The average Bonchev–Trinajstić information content (AvgIpc) is 2.81. The first-order valence-corrected chi connectivity index (χ1v) is 7.52. The van der Waals surface area contributed by atoms with E-state index in [2.05, 4.69) is 13.8 Å². The van der Waals surface area contributed by atoms with E-state index in [1.165, 1.54) is 44.2 Å². The lowest BCUT2D eigenvalue weighted by atomic mass is 9.71. The highest BCUT2D eigenvalue weighted by Gasteiger charge is 2.39. The van der Waals surface area contributed by atoms with Crippen molar-refractivity contribution in [2.24, 2.45) is 17.1 Å². The first kappa shape index (κ1) is 14.5. The molecule has 0 amide bonds. The number of halogens is 1. The minimum Gasteiger partial charge on any atom is -0.327 e. The van der Waals surface area contributed by atoms with Gasteiger partial charge in [0, 0.05) is 6.04 Å². The summed E-state index contributed by atoms with van der Waals surface area (Å²) < 4.78 is 12.9. The molecular weight excluding hydrogens is 237 g/mol. The Balaban J connectivity index is 2.07. The van der Waals surface area contributed by atoms with E-state index in [1.54, 1.807) is 0 Å². The topological polar surface area (TPSA) is 26.0 Å². The molecule has 2 heteroatoms. The highest BCUT2D eigenvalue weighted by atomic mass is 19.1. The molecule has 2 rings (SSSR count). The molecule has 0 radical (unpaired) electrons. The Hall–Kier alpha value is -0.890. The summed E-state index contributed by atoms with van der Waals surface area (Å²) in [5.74, 6) is 0.521. The molecule has 1 saturated carbocycles. The van der Waals surface area contributed by atoms with Crippen molar-refractivity contribution in [3.05, 3.63) is 35.6 Å². The Kier molecular flexibility index (Phi) is 4.62. The molecule has 0 aliphatic heterocycles. The molecular formula is C17H26FN. The molecule has 1 nitrogen and oxygen atoms in total. The minimum absolute atomic E-state index is 0.171. The van der Waals surface area contributed by atoms with Crippen molar-refractivity contribution in [1.82, 2.24) is 0 Å². The molecule has 0 aromatic heterocycles. The molecule has 1 aliphatic rings. The van der Waals surface area contributed by atoms with Gasteiger partial charge in [0.15, 0.2) is 0 Å². The van der Waals surface area contributed by atoms with Crippen molar-refractivity contribution in [2.45, 2.75) is 58.4 Å². The van der Waals surface area contributed by atoms with E-state index in [-0.39, 0.29) is 11.9 Å². The molecule has 1 aromatic carbocycles. The lowest BCUT2D eigenvalue weighted by Gasteiger charge is -2.37. The van der Waals surface area contributed by atoms with E-state index in [9.17, 15) is 4.39 Å². The van der Waals surface area contributed by atoms with E-state index in [1.807, 2.05) is 12.1 Å². The largest absolute Gasteiger partial charge is 0.327 e. The molecule has 0 heterocycles. The van der Waals surface area contributed by atoms with E-state index in [4.69, 9.17) is 5.73 Å². The van der Waals surface area contributed by atoms with Crippen LogP contribution in [0.1, 0.15) is 51.5 Å². The lowest BCUT2D eigenvalue weighted by Crippen LogP contribution is -2.42. The Morgan fingerprint density at radius 2 is 1.74 bits per heavy atom. The van der Waals surface area contributed by atoms with Gasteiger partial charge in [-0.1, -0.05) is 38.8 Å². The van der Waals surface area contributed by atoms with Crippen LogP contribution in [0.25, 0.3) is 0 Å². The highest BCUT2D eigenvalue weighted by molar-refractivity contribution is 5.18. The summed E-state index contributed by atoms with van der Waals surface area (Å²) in [6.07, 6.45) is 7.22. The van der Waals surface area contributed by atoms with Gasteiger partial charge >= 0.3 is 0 Å². The van der Waals surface area contributed by atoms with Gasteiger partial charge in [0.05, 0.1) is 0 Å². The van der Waals surface area contributed by atoms with Gasteiger partial charge in [0.1, 0.15) is 5.82 Å². The fraction of sp³-hybridized carbons (Fsp3) is 0.647. The summed E-state index contributed by atoms with van der Waals surface area (Å²) in [6.45, 7) is 4.56. The minimum atomic E-state index is -0.171. The molecule has 1 unspecified atom stereocenters. The third-order valence-electron chi connectivity index (χ3n) is 4.57. The maximum Gasteiger partial charge on any atom is 0.123 e. The van der Waals surface area contributed by atoms with Crippen molar-refractivity contribution in [2.75, 3.05) is 0 Å².